The van der Waals surface area contributed by atoms with Gasteiger partial charge in [-0.25, -0.2) is 0 Å². The second kappa shape index (κ2) is 16.3. The maximum atomic E-state index is 2.32. The van der Waals surface area contributed by atoms with Crippen LogP contribution in [0.1, 0.15) is 95.4 Å². The highest BCUT2D eigenvalue weighted by molar-refractivity contribution is 5.50. The molecule has 0 aliphatic heterocycles. The lowest BCUT2D eigenvalue weighted by Gasteiger charge is -2.35. The van der Waals surface area contributed by atoms with Gasteiger partial charge in [-0.1, -0.05) is 146 Å². The third-order valence-electron chi connectivity index (χ3n) is 5.75. The van der Waals surface area contributed by atoms with E-state index < -0.39 is 0 Å². The average Bonchev–Trinajstić information content (AvgIpc) is 2.72. The van der Waals surface area contributed by atoms with Crippen molar-refractivity contribution >= 4 is 0 Å². The van der Waals surface area contributed by atoms with Gasteiger partial charge in [0.25, 0.3) is 0 Å². The summed E-state index contributed by atoms with van der Waals surface area (Å²) in [6.07, 6.45) is 31.1. The van der Waals surface area contributed by atoms with Crippen molar-refractivity contribution in [2.75, 3.05) is 0 Å². The molecule has 0 aliphatic carbocycles. The molecule has 0 amide bonds. The highest BCUT2D eigenvalue weighted by atomic mass is 14.3. The van der Waals surface area contributed by atoms with Crippen LogP contribution >= 0.6 is 0 Å². The molecule has 0 heterocycles. The van der Waals surface area contributed by atoms with Crippen LogP contribution in [-0.2, 0) is 0 Å². The Labute approximate surface area is 213 Å². The van der Waals surface area contributed by atoms with E-state index in [-0.39, 0.29) is 10.8 Å². The highest BCUT2D eigenvalue weighted by Crippen LogP contribution is 2.43. The van der Waals surface area contributed by atoms with Crippen molar-refractivity contribution in [1.82, 2.24) is 0 Å². The van der Waals surface area contributed by atoms with Crippen LogP contribution in [0.25, 0.3) is 0 Å². The largest absolute Gasteiger partial charge is 0.0845 e. The Morgan fingerprint density at radius 2 is 1.00 bits per heavy atom. The lowest BCUT2D eigenvalue weighted by atomic mass is 9.69. The maximum absolute atomic E-state index is 2.32. The van der Waals surface area contributed by atoms with Crippen LogP contribution in [0.3, 0.4) is 0 Å². The van der Waals surface area contributed by atoms with Gasteiger partial charge in [-0.05, 0) is 67.2 Å². The number of allylic oxidation sites excluding steroid dienone is 18. The molecule has 0 aromatic heterocycles. The zero-order valence-corrected chi connectivity index (χ0v) is 24.1. The normalized spacial score (nSPS) is 15.2. The Hall–Kier alpha value is -2.34. The molecule has 188 valence electrons. The lowest BCUT2D eigenvalue weighted by Crippen LogP contribution is -2.22. The zero-order chi connectivity index (χ0) is 26.2. The fourth-order valence-corrected chi connectivity index (χ4v) is 3.67. The van der Waals surface area contributed by atoms with Gasteiger partial charge in [0.1, 0.15) is 0 Å². The van der Waals surface area contributed by atoms with Crippen LogP contribution in [0.15, 0.2) is 107 Å². The van der Waals surface area contributed by atoms with E-state index in [2.05, 4.69) is 155 Å². The average molecular weight is 461 g/mol. The van der Waals surface area contributed by atoms with Gasteiger partial charge in [0, 0.05) is 0 Å². The van der Waals surface area contributed by atoms with Gasteiger partial charge in [0.15, 0.2) is 0 Å². The van der Waals surface area contributed by atoms with E-state index in [4.69, 9.17) is 0 Å². The Morgan fingerprint density at radius 3 is 1.38 bits per heavy atom. The van der Waals surface area contributed by atoms with Crippen molar-refractivity contribution in [1.29, 1.82) is 0 Å². The first-order chi connectivity index (χ1) is 15.8. The van der Waals surface area contributed by atoms with E-state index in [1.54, 1.807) is 0 Å². The second-order valence-corrected chi connectivity index (χ2v) is 11.2. The van der Waals surface area contributed by atoms with Crippen molar-refractivity contribution in [2.45, 2.75) is 95.4 Å². The van der Waals surface area contributed by atoms with E-state index in [1.807, 2.05) is 0 Å². The summed E-state index contributed by atoms with van der Waals surface area (Å²) < 4.78 is 0. The molecule has 0 bridgehead atoms. The van der Waals surface area contributed by atoms with Crippen molar-refractivity contribution in [3.63, 3.8) is 0 Å². The smallest absolute Gasteiger partial charge is 0.0126 e. The molecule has 0 radical (unpaired) electrons. The second-order valence-electron chi connectivity index (χ2n) is 11.2. The summed E-state index contributed by atoms with van der Waals surface area (Å²) in [6, 6.07) is 0. The van der Waals surface area contributed by atoms with E-state index in [0.29, 0.717) is 0 Å². The molecule has 0 saturated carbocycles. The topological polar surface area (TPSA) is 0 Å². The molecule has 34 heavy (non-hydrogen) atoms. The lowest BCUT2D eigenvalue weighted by molar-refractivity contribution is 0.443. The van der Waals surface area contributed by atoms with Gasteiger partial charge in [0.05, 0.1) is 0 Å². The Morgan fingerprint density at radius 1 is 0.559 bits per heavy atom. The van der Waals surface area contributed by atoms with Gasteiger partial charge < -0.3 is 0 Å². The first kappa shape index (κ1) is 31.7. The van der Waals surface area contributed by atoms with Crippen LogP contribution in [-0.4, -0.2) is 0 Å². The fourth-order valence-electron chi connectivity index (χ4n) is 3.67. The summed E-state index contributed by atoms with van der Waals surface area (Å²) in [6.45, 7) is 25.1. The highest BCUT2D eigenvalue weighted by Gasteiger charge is 2.29. The molecule has 0 saturated heterocycles. The van der Waals surface area contributed by atoms with E-state index in [1.165, 1.54) is 40.7 Å². The molecular formula is C34H52. The van der Waals surface area contributed by atoms with Crippen molar-refractivity contribution in [3.05, 3.63) is 107 Å². The third-order valence-corrected chi connectivity index (χ3v) is 5.75. The van der Waals surface area contributed by atoms with Crippen LogP contribution in [0.2, 0.25) is 0 Å². The molecule has 0 heteroatoms. The van der Waals surface area contributed by atoms with Gasteiger partial charge in [-0.15, -0.1) is 0 Å². The molecule has 0 spiro atoms. The monoisotopic (exact) mass is 460 g/mol. The molecular weight excluding hydrogens is 408 g/mol. The molecule has 0 aromatic carbocycles. The quantitative estimate of drug-likeness (QED) is 0.212. The first-order valence-electron chi connectivity index (χ1n) is 12.9. The van der Waals surface area contributed by atoms with Crippen molar-refractivity contribution in [3.8, 4) is 0 Å². The van der Waals surface area contributed by atoms with Gasteiger partial charge >= 0.3 is 0 Å². The number of hydrogen-bond acceptors (Lipinski definition) is 0. The Balaban J connectivity index is 5.44. The SMILES string of the molecule is CCCC/C=C/C=C/C=C/C=C/C=C/C=C/C=C(/C(=C(\C)C(C)=C(C)C)C(C)(C)C)C(C)(C)C. The minimum atomic E-state index is 0.0588. The van der Waals surface area contributed by atoms with Gasteiger partial charge in [-0.2, -0.15) is 0 Å². The summed E-state index contributed by atoms with van der Waals surface area (Å²) in [7, 11) is 0. The van der Waals surface area contributed by atoms with Crippen molar-refractivity contribution in [2.24, 2.45) is 10.8 Å². The predicted octanol–water partition coefficient (Wildman–Crippen LogP) is 11.2. The Bertz CT molecular complexity index is 865. The molecule has 0 rings (SSSR count). The molecule has 0 N–H and O–H groups in total. The van der Waals surface area contributed by atoms with Gasteiger partial charge in [-0.3, -0.25) is 0 Å². The summed E-state index contributed by atoms with van der Waals surface area (Å²) in [5.74, 6) is 0. The minimum absolute atomic E-state index is 0.0588. The van der Waals surface area contributed by atoms with Crippen LogP contribution in [0.4, 0.5) is 0 Å². The standard InChI is InChI=1S/C34H52/c1-12-13-14-15-16-17-18-19-20-21-22-23-24-25-26-27-31(33(6,7)8)32(34(9,10)11)30(5)29(4)28(2)3/h15-27H,12-14H2,1-11H3/b16-15+,18-17+,20-19+,22-21+,24-23+,26-25+,31-27-,32-30-. The van der Waals surface area contributed by atoms with Crippen LogP contribution in [0.5, 0.6) is 0 Å². The molecule has 0 aromatic rings. The van der Waals surface area contributed by atoms with Crippen molar-refractivity contribution < 1.29 is 0 Å². The summed E-state index contributed by atoms with van der Waals surface area (Å²) in [4.78, 5) is 0. The maximum Gasteiger partial charge on any atom is -0.0126 e. The van der Waals surface area contributed by atoms with Crippen LogP contribution in [0, 0.1) is 10.8 Å². The molecule has 0 nitrogen and oxygen atoms in total. The number of hydrogen-bond donors (Lipinski definition) is 0. The van der Waals surface area contributed by atoms with Gasteiger partial charge in [0.2, 0.25) is 0 Å². The summed E-state index contributed by atoms with van der Waals surface area (Å²) in [5.41, 5.74) is 7.15. The predicted molar refractivity (Wildman–Crippen MR) is 158 cm³/mol. The number of rotatable bonds is 11. The molecule has 0 unspecified atom stereocenters. The number of unbranched alkanes of at least 4 members (excludes halogenated alkanes) is 2. The first-order valence-corrected chi connectivity index (χ1v) is 12.9. The summed E-state index contributed by atoms with van der Waals surface area (Å²) in [5, 5.41) is 0. The Kier molecular flexibility index (Phi) is 15.2. The zero-order valence-electron chi connectivity index (χ0n) is 24.1. The molecule has 0 aliphatic rings. The van der Waals surface area contributed by atoms with E-state index >= 15 is 0 Å². The van der Waals surface area contributed by atoms with E-state index in [0.717, 1.165) is 6.42 Å². The van der Waals surface area contributed by atoms with Crippen LogP contribution < -0.4 is 0 Å². The molecule has 0 atom stereocenters. The minimum Gasteiger partial charge on any atom is -0.0845 e. The third kappa shape index (κ3) is 13.4. The fraction of sp³-hybridized carbons (Fsp3) is 0.471. The molecule has 0 fully saturated rings. The summed E-state index contributed by atoms with van der Waals surface area (Å²) >= 11 is 0. The van der Waals surface area contributed by atoms with E-state index in [9.17, 15) is 0 Å².